The first-order valence-electron chi connectivity index (χ1n) is 18.3. The van der Waals surface area contributed by atoms with E-state index < -0.39 is 102 Å². The number of carbonyl (C=O) groups is 8. The van der Waals surface area contributed by atoms with Crippen LogP contribution in [0.3, 0.4) is 0 Å². The maximum absolute atomic E-state index is 13.8. The molecule has 0 spiro atoms. The Bertz CT molecular complexity index is 2260. The summed E-state index contributed by atoms with van der Waals surface area (Å²) in [5.74, 6) is -5.09. The minimum absolute atomic E-state index is 0.0284. The molecule has 27 heteroatoms. The highest BCUT2D eigenvalue weighted by atomic mass is 32.2. The summed E-state index contributed by atoms with van der Waals surface area (Å²) in [7, 11) is 2.43. The lowest BCUT2D eigenvalue weighted by atomic mass is 9.98. The summed E-state index contributed by atoms with van der Waals surface area (Å²) < 4.78 is 36.9. The topological polar surface area (TPSA) is 335 Å². The predicted octanol–water partition coefficient (Wildman–Crippen LogP) is -0.434. The van der Waals surface area contributed by atoms with Gasteiger partial charge in [0.1, 0.15) is 56.0 Å². The van der Waals surface area contributed by atoms with Crippen molar-refractivity contribution in [3.63, 3.8) is 0 Å². The standard InChI is InChI=1S/C36H38N8O17S2/c1-15(60-33(49)25-17(11-57-35(37)51)13-62-31-23(29(47)43(25)31)39-27(45)21(41-53-3)19-7-5-9-55-19)59-16(2)61-34(50)26-18(12-58-36(38)52)14-63-32-24(30(48)44(26)32)40-28(46)22(42-54-4)20-8-6-10-56-20/h5-10,13,15-16,23-25,31-32H,11-12,14H2,1-4H3,(H2,37,51)(H2,38,52)(H,39,45)(H,40,46)/b41-21-,42-22-/t15?,16?,23-,24+,25?,31-,32+/m1/s1. The number of furan rings is 2. The Kier molecular flexibility index (Phi) is 14.3. The Labute approximate surface area is 363 Å². The second kappa shape index (κ2) is 19.8. The zero-order valence-corrected chi connectivity index (χ0v) is 35.0. The van der Waals surface area contributed by atoms with Crippen LogP contribution in [0.1, 0.15) is 25.4 Å². The Morgan fingerprint density at radius 3 is 1.92 bits per heavy atom. The molecular weight excluding hydrogens is 881 g/mol. The molecule has 6 amide bonds. The summed E-state index contributed by atoms with van der Waals surface area (Å²) in [5, 5.41) is 12.3. The van der Waals surface area contributed by atoms with Gasteiger partial charge in [0.25, 0.3) is 17.7 Å². The van der Waals surface area contributed by atoms with E-state index in [1.165, 1.54) is 70.3 Å². The number of oxime groups is 2. The number of hydrogen-bond acceptors (Lipinski definition) is 21. The van der Waals surface area contributed by atoms with Gasteiger partial charge in [0, 0.05) is 16.9 Å². The van der Waals surface area contributed by atoms with Crippen LogP contribution in [-0.2, 0) is 62.1 Å². The van der Waals surface area contributed by atoms with Gasteiger partial charge in [-0.2, -0.15) is 0 Å². The van der Waals surface area contributed by atoms with Crippen LogP contribution in [0.5, 0.6) is 0 Å². The molecule has 2 saturated heterocycles. The number of amides is 6. The third-order valence-corrected chi connectivity index (χ3v) is 11.7. The van der Waals surface area contributed by atoms with Crippen LogP contribution in [0.15, 0.2) is 78.2 Å². The summed E-state index contributed by atoms with van der Waals surface area (Å²) in [6.45, 7) is 1.55. The number of hydrogen-bond donors (Lipinski definition) is 4. The van der Waals surface area contributed by atoms with Gasteiger partial charge in [-0.15, -0.1) is 23.5 Å². The SMILES string of the molecule is CO/N=C(\C(=O)N[C@@H]1C(=O)N2C(C(=O)OC(C)OC(C)OC(=O)C3=C(COC(N)=O)CS[C@H]4[C@@H](NC(=O)/C(=N\OC)c5ccco5)C(=O)N34)C(COC(N)=O)=CS[C@H]12)c1ccco1. The third kappa shape index (κ3) is 9.89. The number of carbonyl (C=O) groups excluding carboxylic acids is 8. The van der Waals surface area contributed by atoms with Crippen LogP contribution in [-0.4, -0.2) is 144 Å². The van der Waals surface area contributed by atoms with E-state index in [-0.39, 0.29) is 45.5 Å². The van der Waals surface area contributed by atoms with E-state index in [2.05, 4.69) is 20.9 Å². The average molecular weight is 919 g/mol. The molecule has 63 heavy (non-hydrogen) atoms. The molecule has 7 atom stereocenters. The summed E-state index contributed by atoms with van der Waals surface area (Å²) in [6, 6.07) is 2.16. The highest BCUT2D eigenvalue weighted by molar-refractivity contribution is 8.03. The van der Waals surface area contributed by atoms with Gasteiger partial charge in [-0.1, -0.05) is 10.3 Å². The van der Waals surface area contributed by atoms with Crippen LogP contribution in [0.2, 0.25) is 0 Å². The fraction of sp³-hybridized carbons (Fsp3) is 0.389. The number of primary amides is 2. The molecule has 2 aromatic rings. The van der Waals surface area contributed by atoms with Crippen LogP contribution >= 0.6 is 23.5 Å². The molecule has 0 saturated carbocycles. The van der Waals surface area contributed by atoms with Gasteiger partial charge in [0.15, 0.2) is 17.6 Å². The van der Waals surface area contributed by atoms with E-state index in [9.17, 15) is 38.4 Å². The van der Waals surface area contributed by atoms with E-state index in [1.54, 1.807) is 0 Å². The minimum atomic E-state index is -1.49. The second-order valence-electron chi connectivity index (χ2n) is 13.2. The molecule has 0 bridgehead atoms. The third-order valence-electron chi connectivity index (χ3n) is 9.12. The van der Waals surface area contributed by atoms with Gasteiger partial charge in [-0.05, 0) is 43.5 Å². The van der Waals surface area contributed by atoms with Crippen molar-refractivity contribution in [2.45, 2.75) is 55.3 Å². The van der Waals surface area contributed by atoms with Crippen molar-refractivity contribution in [2.24, 2.45) is 21.8 Å². The molecule has 25 nitrogen and oxygen atoms in total. The van der Waals surface area contributed by atoms with E-state index in [0.29, 0.717) is 0 Å². The first-order chi connectivity index (χ1) is 30.1. The Balaban J connectivity index is 1.11. The van der Waals surface area contributed by atoms with Gasteiger partial charge in [0.05, 0.1) is 12.5 Å². The number of ether oxygens (including phenoxy) is 5. The molecule has 336 valence electrons. The van der Waals surface area contributed by atoms with Crippen molar-refractivity contribution in [2.75, 3.05) is 33.2 Å². The summed E-state index contributed by atoms with van der Waals surface area (Å²) in [6.07, 6.45) is -2.64. The number of nitrogens with one attached hydrogen (secondary N) is 2. The van der Waals surface area contributed by atoms with Crippen molar-refractivity contribution in [1.82, 2.24) is 20.4 Å². The van der Waals surface area contributed by atoms with Crippen LogP contribution in [0.4, 0.5) is 9.59 Å². The molecular formula is C36H38N8O17S2. The molecule has 2 fully saturated rings. The minimum Gasteiger partial charge on any atom is -0.462 e. The van der Waals surface area contributed by atoms with Crippen molar-refractivity contribution < 1.29 is 80.6 Å². The quantitative estimate of drug-likeness (QED) is 0.0368. The van der Waals surface area contributed by atoms with E-state index >= 15 is 0 Å². The molecule has 0 aromatic carbocycles. The van der Waals surface area contributed by atoms with Gasteiger partial charge in [-0.25, -0.2) is 19.2 Å². The smallest absolute Gasteiger partial charge is 0.404 e. The zero-order valence-electron chi connectivity index (χ0n) is 33.4. The van der Waals surface area contributed by atoms with E-state index in [1.807, 2.05) is 0 Å². The molecule has 4 aliphatic rings. The van der Waals surface area contributed by atoms with Crippen molar-refractivity contribution >= 4 is 82.7 Å². The Hall–Kier alpha value is -7.00. The first kappa shape index (κ1) is 45.5. The van der Waals surface area contributed by atoms with Crippen LogP contribution < -0.4 is 22.1 Å². The van der Waals surface area contributed by atoms with Gasteiger partial charge < -0.3 is 69.2 Å². The lowest BCUT2D eigenvalue weighted by molar-refractivity contribution is -0.229. The average Bonchev–Trinajstić information content (AvgIpc) is 3.99. The molecule has 0 aliphatic carbocycles. The number of rotatable bonds is 18. The zero-order chi connectivity index (χ0) is 45.5. The van der Waals surface area contributed by atoms with Gasteiger partial charge >= 0.3 is 24.1 Å². The lowest BCUT2D eigenvalue weighted by Gasteiger charge is -2.51. The van der Waals surface area contributed by atoms with Gasteiger partial charge in [-0.3, -0.25) is 24.1 Å². The number of thioether (sulfide) groups is 2. The van der Waals surface area contributed by atoms with Crippen molar-refractivity contribution in [1.29, 1.82) is 0 Å². The number of nitrogens with two attached hydrogens (primary N) is 2. The summed E-state index contributed by atoms with van der Waals surface area (Å²) in [4.78, 5) is 115. The van der Waals surface area contributed by atoms with E-state index in [4.69, 9.17) is 53.7 Å². The number of esters is 2. The molecule has 6 rings (SSSR count). The number of β-lactam (4-membered cyclic amide) rings is 2. The molecule has 2 aromatic heterocycles. The molecule has 4 aliphatic heterocycles. The first-order valence-corrected chi connectivity index (χ1v) is 20.3. The van der Waals surface area contributed by atoms with Crippen molar-refractivity contribution in [3.05, 3.63) is 70.6 Å². The summed E-state index contributed by atoms with van der Waals surface area (Å²) >= 11 is 2.18. The highest BCUT2D eigenvalue weighted by Gasteiger charge is 2.57. The highest BCUT2D eigenvalue weighted by Crippen LogP contribution is 2.42. The monoisotopic (exact) mass is 918 g/mol. The predicted molar refractivity (Wildman–Crippen MR) is 212 cm³/mol. The normalized spacial score (nSPS) is 22.7. The van der Waals surface area contributed by atoms with Crippen LogP contribution in [0, 0.1) is 0 Å². The molecule has 6 heterocycles. The lowest BCUT2D eigenvalue weighted by Crippen LogP contribution is -2.74. The van der Waals surface area contributed by atoms with E-state index in [0.717, 1.165) is 33.3 Å². The van der Waals surface area contributed by atoms with Crippen LogP contribution in [0.25, 0.3) is 0 Å². The molecule has 3 unspecified atom stereocenters. The number of nitrogens with zero attached hydrogens (tertiary/aromatic N) is 4. The van der Waals surface area contributed by atoms with Crippen molar-refractivity contribution in [3.8, 4) is 0 Å². The fourth-order valence-corrected chi connectivity index (χ4v) is 9.03. The maximum atomic E-state index is 13.8. The Morgan fingerprint density at radius 1 is 0.825 bits per heavy atom. The summed E-state index contributed by atoms with van der Waals surface area (Å²) in [5.41, 5.74) is 9.71. The number of fused-ring (bicyclic) bond motifs is 2. The second-order valence-corrected chi connectivity index (χ2v) is 15.3. The Morgan fingerprint density at radius 2 is 1.38 bits per heavy atom. The molecule has 6 N–H and O–H groups in total. The van der Waals surface area contributed by atoms with Gasteiger partial charge in [0.2, 0.25) is 29.9 Å². The molecule has 0 radical (unpaired) electrons. The fourth-order valence-electron chi connectivity index (χ4n) is 6.50. The maximum Gasteiger partial charge on any atom is 0.404 e. The largest absolute Gasteiger partial charge is 0.462 e.